The molecule has 1 heterocycles. The third kappa shape index (κ3) is 3.54. The number of imide groups is 1. The second-order valence-corrected chi connectivity index (χ2v) is 6.73. The second-order valence-electron chi connectivity index (χ2n) is 6.73. The molecule has 3 rings (SSSR count). The minimum absolute atomic E-state index is 0.154. The summed E-state index contributed by atoms with van der Waals surface area (Å²) in [6, 6.07) is 8.26. The van der Waals surface area contributed by atoms with Gasteiger partial charge in [-0.3, -0.25) is 19.3 Å². The van der Waals surface area contributed by atoms with E-state index in [-0.39, 0.29) is 11.9 Å². The molecular weight excluding hydrogens is 338 g/mol. The first kappa shape index (κ1) is 17.9. The molecule has 1 aromatic rings. The third-order valence-electron chi connectivity index (χ3n) is 4.51. The van der Waals surface area contributed by atoms with Crippen LogP contribution in [0.5, 0.6) is 0 Å². The molecule has 0 radical (unpaired) electrons. The first-order valence-corrected chi connectivity index (χ1v) is 8.51. The molecule has 2 aliphatic rings. The molecule has 8 heteroatoms. The number of carbonyl (C=O) groups is 4. The Morgan fingerprint density at radius 3 is 2.58 bits per heavy atom. The molecular formula is C18H21N3O5. The summed E-state index contributed by atoms with van der Waals surface area (Å²) in [5, 5.41) is 5.34. The predicted molar refractivity (Wildman–Crippen MR) is 90.8 cm³/mol. The normalized spacial score (nSPS) is 23.4. The van der Waals surface area contributed by atoms with Gasteiger partial charge in [-0.05, 0) is 32.3 Å². The SMILES string of the molecule is C[C@H](OC(=O)CN1C(=O)N[C@@](C)(c2ccccc2)C1=O)C(=O)NC1CC1. The van der Waals surface area contributed by atoms with E-state index in [4.69, 9.17) is 4.74 Å². The third-order valence-corrected chi connectivity index (χ3v) is 4.51. The van der Waals surface area contributed by atoms with Gasteiger partial charge < -0.3 is 15.4 Å². The van der Waals surface area contributed by atoms with Gasteiger partial charge in [-0.15, -0.1) is 0 Å². The summed E-state index contributed by atoms with van der Waals surface area (Å²) in [6.45, 7) is 2.49. The lowest BCUT2D eigenvalue weighted by Crippen LogP contribution is -2.43. The molecule has 2 atom stereocenters. The van der Waals surface area contributed by atoms with Crippen molar-refractivity contribution >= 4 is 23.8 Å². The van der Waals surface area contributed by atoms with E-state index in [0.29, 0.717) is 5.56 Å². The van der Waals surface area contributed by atoms with Crippen LogP contribution in [-0.2, 0) is 24.7 Å². The summed E-state index contributed by atoms with van der Waals surface area (Å²) in [7, 11) is 0. The summed E-state index contributed by atoms with van der Waals surface area (Å²) in [6.07, 6.45) is 0.865. The number of hydrogen-bond donors (Lipinski definition) is 2. The number of benzene rings is 1. The maximum atomic E-state index is 12.7. The molecule has 2 N–H and O–H groups in total. The van der Waals surface area contributed by atoms with E-state index < -0.39 is 36.1 Å². The molecule has 0 bridgehead atoms. The summed E-state index contributed by atoms with van der Waals surface area (Å²) in [4.78, 5) is 49.6. The van der Waals surface area contributed by atoms with Crippen LogP contribution in [0.4, 0.5) is 4.79 Å². The van der Waals surface area contributed by atoms with Crippen molar-refractivity contribution in [3.8, 4) is 0 Å². The molecule has 0 spiro atoms. The summed E-state index contributed by atoms with van der Waals surface area (Å²) >= 11 is 0. The fourth-order valence-electron chi connectivity index (χ4n) is 2.77. The van der Waals surface area contributed by atoms with E-state index in [1.165, 1.54) is 6.92 Å². The average Bonchev–Trinajstić information content (AvgIpc) is 3.39. The van der Waals surface area contributed by atoms with Crippen LogP contribution in [0.15, 0.2) is 30.3 Å². The zero-order chi connectivity index (χ0) is 18.9. The molecule has 26 heavy (non-hydrogen) atoms. The van der Waals surface area contributed by atoms with Crippen LogP contribution >= 0.6 is 0 Å². The van der Waals surface area contributed by atoms with Crippen LogP contribution in [-0.4, -0.2) is 47.4 Å². The lowest BCUT2D eigenvalue weighted by molar-refractivity contribution is -0.156. The van der Waals surface area contributed by atoms with Crippen molar-refractivity contribution in [1.29, 1.82) is 0 Å². The number of rotatable bonds is 6. The van der Waals surface area contributed by atoms with Gasteiger partial charge in [0.2, 0.25) is 0 Å². The van der Waals surface area contributed by atoms with Gasteiger partial charge in [-0.2, -0.15) is 0 Å². The van der Waals surface area contributed by atoms with E-state index in [0.717, 1.165) is 17.7 Å². The van der Waals surface area contributed by atoms with Gasteiger partial charge in [0, 0.05) is 6.04 Å². The Hall–Kier alpha value is -2.90. The van der Waals surface area contributed by atoms with Gasteiger partial charge in [0.15, 0.2) is 6.10 Å². The fourth-order valence-corrected chi connectivity index (χ4v) is 2.77. The largest absolute Gasteiger partial charge is 0.451 e. The van der Waals surface area contributed by atoms with Gasteiger partial charge in [0.25, 0.3) is 11.8 Å². The summed E-state index contributed by atoms with van der Waals surface area (Å²) in [5.41, 5.74) is -0.625. The molecule has 1 saturated carbocycles. The Bertz CT molecular complexity index is 746. The maximum Gasteiger partial charge on any atom is 0.327 e. The molecule has 1 aliphatic carbocycles. The zero-order valence-electron chi connectivity index (χ0n) is 14.7. The highest BCUT2D eigenvalue weighted by atomic mass is 16.5. The van der Waals surface area contributed by atoms with Gasteiger partial charge in [0.1, 0.15) is 12.1 Å². The molecule has 1 saturated heterocycles. The molecule has 2 fully saturated rings. The van der Waals surface area contributed by atoms with Crippen molar-refractivity contribution in [3.63, 3.8) is 0 Å². The number of nitrogens with one attached hydrogen (secondary N) is 2. The lowest BCUT2D eigenvalue weighted by Gasteiger charge is -2.22. The van der Waals surface area contributed by atoms with Crippen LogP contribution in [0.25, 0.3) is 0 Å². The Kier molecular flexibility index (Phi) is 4.67. The van der Waals surface area contributed by atoms with Gasteiger partial charge in [0.05, 0.1) is 0 Å². The first-order valence-electron chi connectivity index (χ1n) is 8.51. The maximum absolute atomic E-state index is 12.7. The number of nitrogens with zero attached hydrogens (tertiary/aromatic N) is 1. The molecule has 0 unspecified atom stereocenters. The predicted octanol–water partition coefficient (Wildman–Crippen LogP) is 0.664. The van der Waals surface area contributed by atoms with Crippen LogP contribution in [0.3, 0.4) is 0 Å². The quantitative estimate of drug-likeness (QED) is 0.574. The average molecular weight is 359 g/mol. The second kappa shape index (κ2) is 6.78. The fraction of sp³-hybridized carbons (Fsp3) is 0.444. The molecule has 138 valence electrons. The smallest absolute Gasteiger partial charge is 0.327 e. The van der Waals surface area contributed by atoms with Crippen LogP contribution in [0.2, 0.25) is 0 Å². The van der Waals surface area contributed by atoms with Crippen molar-refractivity contribution < 1.29 is 23.9 Å². The van der Waals surface area contributed by atoms with Crippen LogP contribution in [0.1, 0.15) is 32.3 Å². The van der Waals surface area contributed by atoms with E-state index in [9.17, 15) is 19.2 Å². The van der Waals surface area contributed by atoms with Crippen molar-refractivity contribution in [2.75, 3.05) is 6.54 Å². The van der Waals surface area contributed by atoms with E-state index in [2.05, 4.69) is 10.6 Å². The van der Waals surface area contributed by atoms with Crippen LogP contribution in [0, 0.1) is 0 Å². The van der Waals surface area contributed by atoms with Crippen molar-refractivity contribution in [2.45, 2.75) is 44.4 Å². The van der Waals surface area contributed by atoms with Crippen molar-refractivity contribution in [3.05, 3.63) is 35.9 Å². The highest BCUT2D eigenvalue weighted by Gasteiger charge is 2.49. The van der Waals surface area contributed by atoms with E-state index in [1.807, 2.05) is 0 Å². The Morgan fingerprint density at radius 2 is 1.96 bits per heavy atom. The van der Waals surface area contributed by atoms with Gasteiger partial charge >= 0.3 is 12.0 Å². The molecule has 8 nitrogen and oxygen atoms in total. The molecule has 4 amide bonds. The van der Waals surface area contributed by atoms with E-state index in [1.54, 1.807) is 37.3 Å². The minimum Gasteiger partial charge on any atom is -0.451 e. The summed E-state index contributed by atoms with van der Waals surface area (Å²) < 4.78 is 5.05. The lowest BCUT2D eigenvalue weighted by atomic mass is 9.92. The number of ether oxygens (including phenoxy) is 1. The van der Waals surface area contributed by atoms with E-state index >= 15 is 0 Å². The Labute approximate surface area is 150 Å². The molecule has 1 aromatic carbocycles. The van der Waals surface area contributed by atoms with Gasteiger partial charge in [-0.25, -0.2) is 4.79 Å². The Morgan fingerprint density at radius 1 is 1.31 bits per heavy atom. The number of amides is 4. The molecule has 1 aliphatic heterocycles. The minimum atomic E-state index is -1.24. The highest BCUT2D eigenvalue weighted by molar-refractivity contribution is 6.08. The monoisotopic (exact) mass is 359 g/mol. The number of hydrogen-bond acceptors (Lipinski definition) is 5. The highest BCUT2D eigenvalue weighted by Crippen LogP contribution is 2.28. The van der Waals surface area contributed by atoms with Crippen molar-refractivity contribution in [2.24, 2.45) is 0 Å². The van der Waals surface area contributed by atoms with Crippen LogP contribution < -0.4 is 10.6 Å². The standard InChI is InChI=1S/C18H21N3O5/c1-11(15(23)19-13-8-9-13)26-14(22)10-21-16(24)18(2,20-17(21)25)12-6-4-3-5-7-12/h3-7,11,13H,8-10H2,1-2H3,(H,19,23)(H,20,25)/t11-,18-/m0/s1. The Balaban J connectivity index is 1.62. The topological polar surface area (TPSA) is 105 Å². The molecule has 0 aromatic heterocycles. The zero-order valence-corrected chi connectivity index (χ0v) is 14.7. The first-order chi connectivity index (χ1) is 12.3. The van der Waals surface area contributed by atoms with Crippen molar-refractivity contribution in [1.82, 2.24) is 15.5 Å². The number of carbonyl (C=O) groups excluding carboxylic acids is 4. The summed E-state index contributed by atoms with van der Waals surface area (Å²) in [5.74, 6) is -1.74. The number of esters is 1. The number of urea groups is 1. The van der Waals surface area contributed by atoms with Gasteiger partial charge in [-0.1, -0.05) is 30.3 Å².